The van der Waals surface area contributed by atoms with Gasteiger partial charge in [-0.3, -0.25) is 14.8 Å². The molecule has 5 nitrogen and oxygen atoms in total. The third kappa shape index (κ3) is 4.22. The molecule has 0 N–H and O–H groups in total. The molecule has 0 bridgehead atoms. The first-order valence-corrected chi connectivity index (χ1v) is 9.44. The third-order valence-electron chi connectivity index (χ3n) is 5.11. The molecule has 0 atom stereocenters. The lowest BCUT2D eigenvalue weighted by Crippen LogP contribution is -2.38. The molecule has 0 aliphatic carbocycles. The molecule has 2 aromatic heterocycles. The number of halogens is 1. The number of aromatic nitrogens is 3. The Balaban J connectivity index is 1.39. The van der Waals surface area contributed by atoms with Gasteiger partial charge < -0.3 is 4.90 Å². The van der Waals surface area contributed by atoms with E-state index in [2.05, 4.69) is 16.0 Å². The molecule has 4 rings (SSSR count). The van der Waals surface area contributed by atoms with Crippen molar-refractivity contribution < 1.29 is 9.18 Å². The molecule has 1 saturated heterocycles. The van der Waals surface area contributed by atoms with Gasteiger partial charge in [-0.25, -0.2) is 9.37 Å². The van der Waals surface area contributed by atoms with Crippen LogP contribution in [0.15, 0.2) is 61.1 Å². The van der Waals surface area contributed by atoms with Crippen molar-refractivity contribution in [1.29, 1.82) is 0 Å². The second kappa shape index (κ2) is 8.25. The fraction of sp³-hybridized carbons (Fsp3) is 0.273. The summed E-state index contributed by atoms with van der Waals surface area (Å²) in [5, 5.41) is 0. The molecule has 1 fully saturated rings. The molecule has 1 aliphatic rings. The fourth-order valence-corrected chi connectivity index (χ4v) is 3.59. The summed E-state index contributed by atoms with van der Waals surface area (Å²) in [6.45, 7) is 1.37. The minimum absolute atomic E-state index is 0.0652. The second-order valence-corrected chi connectivity index (χ2v) is 7.01. The lowest BCUT2D eigenvalue weighted by molar-refractivity contribution is 0.0705. The Morgan fingerprint density at radius 3 is 2.57 bits per heavy atom. The minimum Gasteiger partial charge on any atom is -0.337 e. The number of hydrogen-bond donors (Lipinski definition) is 0. The van der Waals surface area contributed by atoms with Gasteiger partial charge in [-0.2, -0.15) is 0 Å². The van der Waals surface area contributed by atoms with Gasteiger partial charge in [0, 0.05) is 49.2 Å². The van der Waals surface area contributed by atoms with Crippen LogP contribution in [-0.4, -0.2) is 38.8 Å². The van der Waals surface area contributed by atoms with E-state index in [9.17, 15) is 9.18 Å². The van der Waals surface area contributed by atoms with E-state index in [1.165, 1.54) is 24.5 Å². The van der Waals surface area contributed by atoms with Crippen LogP contribution in [0.25, 0.3) is 0 Å². The van der Waals surface area contributed by atoms with Gasteiger partial charge in [-0.15, -0.1) is 0 Å². The maximum atomic E-state index is 13.1. The van der Waals surface area contributed by atoms with Gasteiger partial charge in [-0.1, -0.05) is 18.2 Å². The van der Waals surface area contributed by atoms with Crippen LogP contribution in [0.1, 0.15) is 46.2 Å². The third-order valence-corrected chi connectivity index (χ3v) is 5.11. The number of nitrogens with zero attached hydrogens (tertiary/aromatic N) is 4. The number of carbonyl (C=O) groups excluding carboxylic acids is 1. The van der Waals surface area contributed by atoms with Crippen LogP contribution in [-0.2, 0) is 6.42 Å². The van der Waals surface area contributed by atoms with Crippen LogP contribution in [0.4, 0.5) is 4.39 Å². The number of pyridine rings is 1. The number of rotatable bonds is 4. The van der Waals surface area contributed by atoms with E-state index in [0.717, 1.165) is 29.8 Å². The van der Waals surface area contributed by atoms with Crippen molar-refractivity contribution in [2.24, 2.45) is 0 Å². The molecule has 0 spiro atoms. The Morgan fingerprint density at radius 1 is 1.07 bits per heavy atom. The summed E-state index contributed by atoms with van der Waals surface area (Å²) in [5.41, 5.74) is 3.46. The molecule has 1 amide bonds. The van der Waals surface area contributed by atoms with Crippen LogP contribution in [0, 0.1) is 5.82 Å². The van der Waals surface area contributed by atoms with Crippen molar-refractivity contribution in [3.05, 3.63) is 89.5 Å². The first-order chi connectivity index (χ1) is 13.7. The highest BCUT2D eigenvalue weighted by Gasteiger charge is 2.26. The van der Waals surface area contributed by atoms with Crippen molar-refractivity contribution in [3.8, 4) is 0 Å². The standard InChI is InChI=1S/C22H21FN4O/c23-18-6-4-16(5-7-18)14-19-2-1-3-20(26-19)17-8-12-27(13-9-17)22(28)21-15-24-10-11-25-21/h1-7,10-11,15,17H,8-9,12-14H2. The Kier molecular flexibility index (Phi) is 5.37. The molecule has 6 heteroatoms. The van der Waals surface area contributed by atoms with E-state index >= 15 is 0 Å². The van der Waals surface area contributed by atoms with Crippen molar-refractivity contribution in [1.82, 2.24) is 19.9 Å². The molecule has 28 heavy (non-hydrogen) atoms. The molecule has 0 radical (unpaired) electrons. The zero-order valence-electron chi connectivity index (χ0n) is 15.5. The number of likely N-dealkylation sites (tertiary alicyclic amines) is 1. The van der Waals surface area contributed by atoms with E-state index in [0.29, 0.717) is 31.1 Å². The Morgan fingerprint density at radius 2 is 1.86 bits per heavy atom. The van der Waals surface area contributed by atoms with Crippen LogP contribution >= 0.6 is 0 Å². The lowest BCUT2D eigenvalue weighted by atomic mass is 9.92. The molecule has 1 aromatic carbocycles. The van der Waals surface area contributed by atoms with Crippen molar-refractivity contribution in [2.75, 3.05) is 13.1 Å². The maximum absolute atomic E-state index is 13.1. The summed E-state index contributed by atoms with van der Waals surface area (Å²) in [6, 6.07) is 12.6. The Bertz CT molecular complexity index is 938. The van der Waals surface area contributed by atoms with E-state index < -0.39 is 0 Å². The summed E-state index contributed by atoms with van der Waals surface area (Å²) in [5.74, 6) is 0.0388. The maximum Gasteiger partial charge on any atom is 0.274 e. The summed E-state index contributed by atoms with van der Waals surface area (Å²) in [6.07, 6.45) is 7.04. The highest BCUT2D eigenvalue weighted by molar-refractivity contribution is 5.92. The van der Waals surface area contributed by atoms with Crippen LogP contribution < -0.4 is 0 Å². The summed E-state index contributed by atoms with van der Waals surface area (Å²) >= 11 is 0. The zero-order chi connectivity index (χ0) is 19.3. The summed E-state index contributed by atoms with van der Waals surface area (Å²) < 4.78 is 13.1. The zero-order valence-corrected chi connectivity index (χ0v) is 15.5. The molecular formula is C22H21FN4O. The Hall–Kier alpha value is -3.15. The monoisotopic (exact) mass is 376 g/mol. The van der Waals surface area contributed by atoms with Gasteiger partial charge >= 0.3 is 0 Å². The van der Waals surface area contributed by atoms with Crippen LogP contribution in [0.2, 0.25) is 0 Å². The van der Waals surface area contributed by atoms with Gasteiger partial charge in [0.1, 0.15) is 11.5 Å². The van der Waals surface area contributed by atoms with Gasteiger partial charge in [0.2, 0.25) is 0 Å². The van der Waals surface area contributed by atoms with Crippen molar-refractivity contribution >= 4 is 5.91 Å². The van der Waals surface area contributed by atoms with E-state index in [1.807, 2.05) is 17.0 Å². The number of hydrogen-bond acceptors (Lipinski definition) is 4. The summed E-state index contributed by atoms with van der Waals surface area (Å²) in [7, 11) is 0. The molecule has 142 valence electrons. The van der Waals surface area contributed by atoms with Crippen LogP contribution in [0.5, 0.6) is 0 Å². The van der Waals surface area contributed by atoms with Gasteiger partial charge in [0.25, 0.3) is 5.91 Å². The average Bonchev–Trinajstić information content (AvgIpc) is 2.76. The lowest BCUT2D eigenvalue weighted by Gasteiger charge is -2.31. The van der Waals surface area contributed by atoms with Crippen molar-refractivity contribution in [2.45, 2.75) is 25.2 Å². The molecule has 1 aliphatic heterocycles. The molecule has 3 heterocycles. The minimum atomic E-state index is -0.228. The molecule has 3 aromatic rings. The highest BCUT2D eigenvalue weighted by atomic mass is 19.1. The highest BCUT2D eigenvalue weighted by Crippen LogP contribution is 2.27. The first kappa shape index (κ1) is 18.2. The topological polar surface area (TPSA) is 59.0 Å². The molecule has 0 unspecified atom stereocenters. The number of piperidine rings is 1. The number of benzene rings is 1. The number of carbonyl (C=O) groups is 1. The Labute approximate surface area is 163 Å². The van der Waals surface area contributed by atoms with E-state index in [4.69, 9.17) is 4.98 Å². The first-order valence-electron chi connectivity index (χ1n) is 9.44. The predicted octanol–water partition coefficient (Wildman–Crippen LogP) is 3.62. The fourth-order valence-electron chi connectivity index (χ4n) is 3.59. The summed E-state index contributed by atoms with van der Waals surface area (Å²) in [4.78, 5) is 27.2. The van der Waals surface area contributed by atoms with Gasteiger partial charge in [0.05, 0.1) is 6.20 Å². The van der Waals surface area contributed by atoms with E-state index in [1.54, 1.807) is 18.3 Å². The average molecular weight is 376 g/mol. The smallest absolute Gasteiger partial charge is 0.274 e. The SMILES string of the molecule is O=C(c1cnccn1)N1CCC(c2cccc(Cc3ccc(F)cc3)n2)CC1. The largest absolute Gasteiger partial charge is 0.337 e. The number of amides is 1. The van der Waals surface area contributed by atoms with Gasteiger partial charge in [-0.05, 0) is 42.7 Å². The molecular weight excluding hydrogens is 355 g/mol. The quantitative estimate of drug-likeness (QED) is 0.698. The van der Waals surface area contributed by atoms with Crippen LogP contribution in [0.3, 0.4) is 0 Å². The second-order valence-electron chi connectivity index (χ2n) is 7.01. The normalized spacial score (nSPS) is 14.8. The van der Waals surface area contributed by atoms with Crippen molar-refractivity contribution in [3.63, 3.8) is 0 Å². The van der Waals surface area contributed by atoms with Gasteiger partial charge in [0.15, 0.2) is 0 Å². The van der Waals surface area contributed by atoms with E-state index in [-0.39, 0.29) is 11.7 Å². The molecule has 0 saturated carbocycles. The predicted molar refractivity (Wildman–Crippen MR) is 103 cm³/mol.